The van der Waals surface area contributed by atoms with Crippen LogP contribution in [-0.4, -0.2) is 50.8 Å². The van der Waals surface area contributed by atoms with Crippen molar-refractivity contribution in [3.05, 3.63) is 0 Å². The summed E-state index contributed by atoms with van der Waals surface area (Å²) < 4.78 is 5.79. The lowest BCUT2D eigenvalue weighted by Gasteiger charge is -2.27. The fraction of sp³-hybridized carbons (Fsp3) is 1.00. The van der Waals surface area contributed by atoms with Crippen molar-refractivity contribution in [2.75, 3.05) is 33.8 Å². The third-order valence-electron chi connectivity index (χ3n) is 2.72. The Balaban J connectivity index is 1.96. The van der Waals surface area contributed by atoms with Gasteiger partial charge in [-0.2, -0.15) is 0 Å². The number of rotatable bonds is 5. The Morgan fingerprint density at radius 1 is 1.36 bits per heavy atom. The van der Waals surface area contributed by atoms with Crippen LogP contribution in [0.2, 0.25) is 0 Å². The molecule has 14 heavy (non-hydrogen) atoms. The molecule has 2 unspecified atom stereocenters. The first-order valence-electron chi connectivity index (χ1n) is 5.68. The van der Waals surface area contributed by atoms with Gasteiger partial charge in [-0.1, -0.05) is 0 Å². The molecule has 1 aliphatic rings. The number of hydrogen-bond donors (Lipinski definition) is 1. The summed E-state index contributed by atoms with van der Waals surface area (Å²) in [6, 6.07) is 0.677. The van der Waals surface area contributed by atoms with E-state index in [1.54, 1.807) is 0 Å². The summed E-state index contributed by atoms with van der Waals surface area (Å²) in [5.74, 6) is 0. The van der Waals surface area contributed by atoms with Gasteiger partial charge in [-0.3, -0.25) is 0 Å². The minimum absolute atomic E-state index is 0.452. The van der Waals surface area contributed by atoms with E-state index in [0.717, 1.165) is 26.1 Å². The molecule has 0 aromatic rings. The maximum atomic E-state index is 5.79. The number of ether oxygens (including phenoxy) is 1. The van der Waals surface area contributed by atoms with Crippen molar-refractivity contribution in [1.82, 2.24) is 10.2 Å². The zero-order valence-corrected chi connectivity index (χ0v) is 9.75. The summed E-state index contributed by atoms with van der Waals surface area (Å²) >= 11 is 0. The first-order chi connectivity index (χ1) is 6.68. The topological polar surface area (TPSA) is 24.5 Å². The predicted molar refractivity (Wildman–Crippen MR) is 59.6 cm³/mol. The normalized spacial score (nSPS) is 28.3. The lowest BCUT2D eigenvalue weighted by molar-refractivity contribution is 0.0273. The van der Waals surface area contributed by atoms with E-state index >= 15 is 0 Å². The van der Waals surface area contributed by atoms with Gasteiger partial charge in [0, 0.05) is 19.2 Å². The summed E-state index contributed by atoms with van der Waals surface area (Å²) in [6.45, 7) is 5.29. The van der Waals surface area contributed by atoms with Crippen molar-refractivity contribution in [3.63, 3.8) is 0 Å². The minimum Gasteiger partial charge on any atom is -0.377 e. The molecule has 0 aliphatic carbocycles. The largest absolute Gasteiger partial charge is 0.377 e. The molecule has 1 heterocycles. The van der Waals surface area contributed by atoms with E-state index in [1.165, 1.54) is 12.8 Å². The van der Waals surface area contributed by atoms with Gasteiger partial charge in [0.05, 0.1) is 6.10 Å². The molecule has 0 radical (unpaired) electrons. The van der Waals surface area contributed by atoms with Crippen LogP contribution >= 0.6 is 0 Å². The second kappa shape index (κ2) is 6.38. The molecule has 3 nitrogen and oxygen atoms in total. The number of hydrogen-bond acceptors (Lipinski definition) is 3. The van der Waals surface area contributed by atoms with Crippen molar-refractivity contribution in [3.8, 4) is 0 Å². The number of nitrogens with zero attached hydrogens (tertiary/aromatic N) is 1. The van der Waals surface area contributed by atoms with Crippen LogP contribution in [0, 0.1) is 0 Å². The van der Waals surface area contributed by atoms with E-state index < -0.39 is 0 Å². The Hall–Kier alpha value is -0.120. The van der Waals surface area contributed by atoms with E-state index in [2.05, 4.69) is 31.2 Å². The second-order valence-electron chi connectivity index (χ2n) is 4.54. The van der Waals surface area contributed by atoms with Crippen LogP contribution in [-0.2, 0) is 4.74 Å². The van der Waals surface area contributed by atoms with Gasteiger partial charge in [0.15, 0.2) is 0 Å². The highest BCUT2D eigenvalue weighted by molar-refractivity contribution is 4.74. The number of piperidine rings is 1. The summed E-state index contributed by atoms with van der Waals surface area (Å²) in [5.41, 5.74) is 0. The van der Waals surface area contributed by atoms with Gasteiger partial charge in [-0.05, 0) is 46.8 Å². The molecule has 1 rings (SSSR count). The van der Waals surface area contributed by atoms with Crippen LogP contribution in [0.3, 0.4) is 0 Å². The Morgan fingerprint density at radius 3 is 2.71 bits per heavy atom. The van der Waals surface area contributed by atoms with Gasteiger partial charge in [0.25, 0.3) is 0 Å². The third-order valence-corrected chi connectivity index (χ3v) is 2.72. The molecule has 0 amide bonds. The summed E-state index contributed by atoms with van der Waals surface area (Å²) in [5, 5.41) is 3.45. The fourth-order valence-corrected chi connectivity index (χ4v) is 1.75. The second-order valence-corrected chi connectivity index (χ2v) is 4.54. The molecular formula is C11H24N2O. The van der Waals surface area contributed by atoms with Crippen LogP contribution < -0.4 is 5.32 Å². The van der Waals surface area contributed by atoms with E-state index in [4.69, 9.17) is 4.74 Å². The van der Waals surface area contributed by atoms with Gasteiger partial charge >= 0.3 is 0 Å². The maximum Gasteiger partial charge on any atom is 0.0700 e. The average molecular weight is 200 g/mol. The highest BCUT2D eigenvalue weighted by Gasteiger charge is 2.17. The SMILES string of the molecule is CC1CCC(OCCCN(C)C)CN1. The molecular weight excluding hydrogens is 176 g/mol. The summed E-state index contributed by atoms with van der Waals surface area (Å²) in [6.07, 6.45) is 4.06. The molecule has 3 heteroatoms. The highest BCUT2D eigenvalue weighted by Crippen LogP contribution is 2.10. The lowest BCUT2D eigenvalue weighted by atomic mass is 10.0. The average Bonchev–Trinajstić information content (AvgIpc) is 2.15. The predicted octanol–water partition coefficient (Wildman–Crippen LogP) is 1.10. The van der Waals surface area contributed by atoms with Crippen LogP contribution in [0.15, 0.2) is 0 Å². The minimum atomic E-state index is 0.452. The molecule has 1 saturated heterocycles. The monoisotopic (exact) mass is 200 g/mol. The molecule has 1 fully saturated rings. The fourth-order valence-electron chi connectivity index (χ4n) is 1.75. The van der Waals surface area contributed by atoms with Gasteiger partial charge in [-0.25, -0.2) is 0 Å². The molecule has 1 N–H and O–H groups in total. The van der Waals surface area contributed by atoms with Gasteiger partial charge in [0.2, 0.25) is 0 Å². The zero-order valence-electron chi connectivity index (χ0n) is 9.75. The smallest absolute Gasteiger partial charge is 0.0700 e. The zero-order chi connectivity index (χ0) is 10.4. The molecule has 0 aromatic heterocycles. The molecule has 0 spiro atoms. The van der Waals surface area contributed by atoms with Crippen molar-refractivity contribution in [2.24, 2.45) is 0 Å². The Labute approximate surface area is 87.8 Å². The van der Waals surface area contributed by atoms with Crippen molar-refractivity contribution in [1.29, 1.82) is 0 Å². The summed E-state index contributed by atoms with van der Waals surface area (Å²) in [4.78, 5) is 2.20. The molecule has 1 aliphatic heterocycles. The van der Waals surface area contributed by atoms with Crippen molar-refractivity contribution in [2.45, 2.75) is 38.3 Å². The molecule has 84 valence electrons. The van der Waals surface area contributed by atoms with E-state index in [9.17, 15) is 0 Å². The Kier molecular flexibility index (Phi) is 5.45. The lowest BCUT2D eigenvalue weighted by Crippen LogP contribution is -2.41. The quantitative estimate of drug-likeness (QED) is 0.673. The molecule has 0 saturated carbocycles. The van der Waals surface area contributed by atoms with Gasteiger partial charge < -0.3 is 15.0 Å². The summed E-state index contributed by atoms with van der Waals surface area (Å²) in [7, 11) is 4.20. The van der Waals surface area contributed by atoms with E-state index in [1.807, 2.05) is 0 Å². The third kappa shape index (κ3) is 4.94. The molecule has 2 atom stereocenters. The van der Waals surface area contributed by atoms with E-state index in [-0.39, 0.29) is 0 Å². The van der Waals surface area contributed by atoms with Gasteiger partial charge in [0.1, 0.15) is 0 Å². The van der Waals surface area contributed by atoms with Crippen LogP contribution in [0.1, 0.15) is 26.2 Å². The van der Waals surface area contributed by atoms with Crippen LogP contribution in [0.4, 0.5) is 0 Å². The Bertz CT molecular complexity index is 142. The molecule has 0 aromatic carbocycles. The standard InChI is InChI=1S/C11H24N2O/c1-10-5-6-11(9-12-10)14-8-4-7-13(2)3/h10-12H,4-9H2,1-3H3. The first kappa shape index (κ1) is 12.0. The Morgan fingerprint density at radius 2 is 2.14 bits per heavy atom. The maximum absolute atomic E-state index is 5.79. The van der Waals surface area contributed by atoms with Crippen molar-refractivity contribution >= 4 is 0 Å². The van der Waals surface area contributed by atoms with Crippen LogP contribution in [0.25, 0.3) is 0 Å². The first-order valence-corrected chi connectivity index (χ1v) is 5.68. The van der Waals surface area contributed by atoms with Crippen LogP contribution in [0.5, 0.6) is 0 Å². The van der Waals surface area contributed by atoms with Gasteiger partial charge in [-0.15, -0.1) is 0 Å². The van der Waals surface area contributed by atoms with E-state index in [0.29, 0.717) is 12.1 Å². The van der Waals surface area contributed by atoms with Crippen molar-refractivity contribution < 1.29 is 4.74 Å². The molecule has 0 bridgehead atoms. The highest BCUT2D eigenvalue weighted by atomic mass is 16.5. The number of nitrogens with one attached hydrogen (secondary N) is 1.